The fourth-order valence-electron chi connectivity index (χ4n) is 1.89. The molecule has 0 spiro atoms. The lowest BCUT2D eigenvalue weighted by atomic mass is 10.1. The second-order valence-corrected chi connectivity index (χ2v) is 5.37. The summed E-state index contributed by atoms with van der Waals surface area (Å²) in [7, 11) is 1.59. The normalized spacial score (nSPS) is 10.2. The van der Waals surface area contributed by atoms with Crippen molar-refractivity contribution < 1.29 is 14.7 Å². The van der Waals surface area contributed by atoms with Crippen molar-refractivity contribution in [3.63, 3.8) is 0 Å². The van der Waals surface area contributed by atoms with Gasteiger partial charge in [0.05, 0.1) is 16.9 Å². The molecule has 0 fully saturated rings. The maximum Gasteiger partial charge on any atom is 0.335 e. The fraction of sp³-hybridized carbons (Fsp3) is 0.0667. The summed E-state index contributed by atoms with van der Waals surface area (Å²) < 4.78 is 0.882. The molecule has 0 radical (unpaired) electrons. The van der Waals surface area contributed by atoms with Crippen LogP contribution in [0.3, 0.4) is 0 Å². The molecule has 0 bridgehead atoms. The Morgan fingerprint density at radius 3 is 2.19 bits per heavy atom. The number of nitrogen functional groups attached to an aromatic ring is 1. The predicted molar refractivity (Wildman–Crippen MR) is 84.7 cm³/mol. The maximum absolute atomic E-state index is 12.4. The summed E-state index contributed by atoms with van der Waals surface area (Å²) in [4.78, 5) is 24.6. The molecule has 0 unspecified atom stereocenters. The van der Waals surface area contributed by atoms with Gasteiger partial charge in [-0.2, -0.15) is 0 Å². The van der Waals surface area contributed by atoms with Crippen LogP contribution in [0.25, 0.3) is 0 Å². The van der Waals surface area contributed by atoms with Crippen LogP contribution < -0.4 is 10.6 Å². The number of carbonyl (C=O) groups is 2. The van der Waals surface area contributed by atoms with Gasteiger partial charge in [-0.25, -0.2) is 4.79 Å². The Bertz CT molecular complexity index is 699. The van der Waals surface area contributed by atoms with E-state index in [1.165, 1.54) is 23.1 Å². The van der Waals surface area contributed by atoms with E-state index in [1.54, 1.807) is 31.3 Å². The summed E-state index contributed by atoms with van der Waals surface area (Å²) in [6, 6.07) is 11.2. The van der Waals surface area contributed by atoms with Crippen LogP contribution in [-0.4, -0.2) is 24.0 Å². The predicted octanol–water partition coefficient (Wildman–Crippen LogP) is 3.01. The van der Waals surface area contributed by atoms with Gasteiger partial charge in [0.25, 0.3) is 5.91 Å². The van der Waals surface area contributed by atoms with Gasteiger partial charge < -0.3 is 15.7 Å². The van der Waals surface area contributed by atoms with Crippen LogP contribution in [0.4, 0.5) is 11.4 Å². The van der Waals surface area contributed by atoms with Gasteiger partial charge in [0.2, 0.25) is 0 Å². The smallest absolute Gasteiger partial charge is 0.335 e. The molecule has 0 saturated heterocycles. The summed E-state index contributed by atoms with van der Waals surface area (Å²) in [6.07, 6.45) is 0. The Hall–Kier alpha value is -2.34. The number of carboxylic acid groups (broad SMARTS) is 1. The molecule has 6 heteroatoms. The van der Waals surface area contributed by atoms with E-state index in [2.05, 4.69) is 15.9 Å². The minimum atomic E-state index is -1.06. The Morgan fingerprint density at radius 2 is 1.67 bits per heavy atom. The van der Waals surface area contributed by atoms with Crippen molar-refractivity contribution in [2.45, 2.75) is 0 Å². The van der Waals surface area contributed by atoms with Crippen molar-refractivity contribution >= 4 is 39.2 Å². The summed E-state index contributed by atoms with van der Waals surface area (Å²) in [6.45, 7) is 0. The number of nitrogens with two attached hydrogens (primary N) is 1. The van der Waals surface area contributed by atoms with E-state index in [-0.39, 0.29) is 17.2 Å². The summed E-state index contributed by atoms with van der Waals surface area (Å²) in [5.41, 5.74) is 7.14. The minimum Gasteiger partial charge on any atom is -0.478 e. The van der Waals surface area contributed by atoms with Crippen molar-refractivity contribution in [3.8, 4) is 0 Å². The number of rotatable bonds is 3. The van der Waals surface area contributed by atoms with Gasteiger partial charge in [-0.3, -0.25) is 4.79 Å². The van der Waals surface area contributed by atoms with Crippen molar-refractivity contribution in [1.82, 2.24) is 0 Å². The van der Waals surface area contributed by atoms with Crippen LogP contribution in [0.2, 0.25) is 0 Å². The second-order valence-electron chi connectivity index (χ2n) is 4.45. The topological polar surface area (TPSA) is 83.6 Å². The number of nitrogens with zero attached hydrogens (tertiary/aromatic N) is 1. The average Bonchev–Trinajstić information content (AvgIpc) is 2.46. The molecule has 0 aliphatic rings. The zero-order chi connectivity index (χ0) is 15.6. The third kappa shape index (κ3) is 3.22. The SMILES string of the molecule is CN(C(=O)c1ccc(Br)cc1)c1ccc(C(=O)O)cc1N. The van der Waals surface area contributed by atoms with E-state index in [4.69, 9.17) is 10.8 Å². The van der Waals surface area contributed by atoms with Gasteiger partial charge >= 0.3 is 5.97 Å². The molecule has 2 aromatic rings. The van der Waals surface area contributed by atoms with Gasteiger partial charge in [0, 0.05) is 17.1 Å². The van der Waals surface area contributed by atoms with Gasteiger partial charge in [-0.1, -0.05) is 15.9 Å². The van der Waals surface area contributed by atoms with Gasteiger partial charge in [-0.15, -0.1) is 0 Å². The molecule has 108 valence electrons. The van der Waals surface area contributed by atoms with E-state index in [1.807, 2.05) is 0 Å². The number of amides is 1. The van der Waals surface area contributed by atoms with E-state index in [9.17, 15) is 9.59 Å². The molecule has 0 saturated carbocycles. The van der Waals surface area contributed by atoms with Gasteiger partial charge in [0.15, 0.2) is 0 Å². The lowest BCUT2D eigenvalue weighted by Gasteiger charge is -2.19. The second kappa shape index (κ2) is 5.97. The fourth-order valence-corrected chi connectivity index (χ4v) is 2.15. The van der Waals surface area contributed by atoms with E-state index in [0.29, 0.717) is 11.3 Å². The molecule has 0 heterocycles. The molecular formula is C15H13BrN2O3. The van der Waals surface area contributed by atoms with Crippen molar-refractivity contribution in [2.75, 3.05) is 17.7 Å². The summed E-state index contributed by atoms with van der Waals surface area (Å²) >= 11 is 3.31. The van der Waals surface area contributed by atoms with Crippen LogP contribution in [0.15, 0.2) is 46.9 Å². The highest BCUT2D eigenvalue weighted by Crippen LogP contribution is 2.25. The van der Waals surface area contributed by atoms with Crippen LogP contribution >= 0.6 is 15.9 Å². The van der Waals surface area contributed by atoms with Crippen LogP contribution in [-0.2, 0) is 0 Å². The first-order valence-electron chi connectivity index (χ1n) is 6.06. The molecule has 0 atom stereocenters. The summed E-state index contributed by atoms with van der Waals surface area (Å²) in [5.74, 6) is -1.28. The first kappa shape index (κ1) is 15.1. The highest BCUT2D eigenvalue weighted by molar-refractivity contribution is 9.10. The third-order valence-electron chi connectivity index (χ3n) is 3.03. The monoisotopic (exact) mass is 348 g/mol. The number of benzene rings is 2. The zero-order valence-electron chi connectivity index (χ0n) is 11.2. The van der Waals surface area contributed by atoms with Crippen LogP contribution in [0, 0.1) is 0 Å². The van der Waals surface area contributed by atoms with E-state index in [0.717, 1.165) is 4.47 Å². The number of aromatic carboxylic acids is 1. The van der Waals surface area contributed by atoms with E-state index < -0.39 is 5.97 Å². The highest BCUT2D eigenvalue weighted by atomic mass is 79.9. The molecule has 0 aromatic heterocycles. The Kier molecular flexibility index (Phi) is 4.28. The first-order valence-corrected chi connectivity index (χ1v) is 6.86. The summed E-state index contributed by atoms with van der Waals surface area (Å²) in [5, 5.41) is 8.91. The number of hydrogen-bond donors (Lipinski definition) is 2. The third-order valence-corrected chi connectivity index (χ3v) is 3.56. The minimum absolute atomic E-state index is 0.0840. The molecular weight excluding hydrogens is 336 g/mol. The Labute approximate surface area is 130 Å². The van der Waals surface area contributed by atoms with Gasteiger partial charge in [0.1, 0.15) is 0 Å². The average molecular weight is 349 g/mol. The Balaban J connectivity index is 2.31. The lowest BCUT2D eigenvalue weighted by molar-refractivity contribution is 0.0697. The van der Waals surface area contributed by atoms with Crippen LogP contribution in [0.5, 0.6) is 0 Å². The van der Waals surface area contributed by atoms with Crippen LogP contribution in [0.1, 0.15) is 20.7 Å². The lowest BCUT2D eigenvalue weighted by Crippen LogP contribution is -2.27. The molecule has 1 amide bonds. The van der Waals surface area contributed by atoms with Crippen molar-refractivity contribution in [2.24, 2.45) is 0 Å². The van der Waals surface area contributed by atoms with Gasteiger partial charge in [-0.05, 0) is 42.5 Å². The first-order chi connectivity index (χ1) is 9.90. The van der Waals surface area contributed by atoms with Crippen molar-refractivity contribution in [1.29, 1.82) is 0 Å². The molecule has 21 heavy (non-hydrogen) atoms. The number of halogens is 1. The standard InChI is InChI=1S/C15H13BrN2O3/c1-18(14(19)9-2-5-11(16)6-3-9)13-7-4-10(15(20)21)8-12(13)17/h2-8H,17H2,1H3,(H,20,21). The molecule has 0 aliphatic heterocycles. The Morgan fingerprint density at radius 1 is 1.10 bits per heavy atom. The zero-order valence-corrected chi connectivity index (χ0v) is 12.8. The van der Waals surface area contributed by atoms with Crippen molar-refractivity contribution in [3.05, 3.63) is 58.1 Å². The highest BCUT2D eigenvalue weighted by Gasteiger charge is 2.16. The molecule has 0 aliphatic carbocycles. The number of carbonyl (C=O) groups excluding carboxylic acids is 1. The molecule has 2 aromatic carbocycles. The quantitative estimate of drug-likeness (QED) is 0.835. The molecule has 2 rings (SSSR count). The maximum atomic E-state index is 12.4. The number of carboxylic acids is 1. The molecule has 3 N–H and O–H groups in total. The number of anilines is 2. The molecule has 5 nitrogen and oxygen atoms in total. The number of hydrogen-bond acceptors (Lipinski definition) is 3. The van der Waals surface area contributed by atoms with E-state index >= 15 is 0 Å². The largest absolute Gasteiger partial charge is 0.478 e.